The number of Topliss-reactive ketones (excluding diaryl/α,β-unsaturated/α-hetero) is 2. The lowest BCUT2D eigenvalue weighted by Crippen LogP contribution is -2.44. The molecule has 44 heavy (non-hydrogen) atoms. The Bertz CT molecular complexity index is 673. The van der Waals surface area contributed by atoms with Crippen molar-refractivity contribution in [3.63, 3.8) is 0 Å². The molecular formula is C39H76NO3P. The third-order valence-electron chi connectivity index (χ3n) is 8.81. The van der Waals surface area contributed by atoms with Crippen LogP contribution in [-0.2, 0) is 14.1 Å². The summed E-state index contributed by atoms with van der Waals surface area (Å²) in [5.74, 6) is 0.708. The molecule has 0 bridgehead atoms. The molecule has 0 aromatic rings. The fourth-order valence-electron chi connectivity index (χ4n) is 5.95. The van der Waals surface area contributed by atoms with Crippen LogP contribution in [0.1, 0.15) is 193 Å². The Labute approximate surface area is 278 Å². The number of carbonyl (C=O) groups is 2. The summed E-state index contributed by atoms with van der Waals surface area (Å²) in [5.41, 5.74) is 0. The monoisotopic (exact) mass is 638 g/mol. The first-order valence-corrected chi connectivity index (χ1v) is 19.5. The van der Waals surface area contributed by atoms with Crippen molar-refractivity contribution in [1.82, 2.24) is 0 Å². The fraction of sp³-hybridized carbons (Fsp3) is 0.897. The van der Waals surface area contributed by atoms with E-state index in [9.17, 15) is 9.59 Å². The minimum atomic E-state index is -0.351. The normalized spacial score (nSPS) is 12.8. The smallest absolute Gasteiger partial charge is 0.164 e. The van der Waals surface area contributed by atoms with Gasteiger partial charge in [-0.3, -0.25) is 9.59 Å². The maximum Gasteiger partial charge on any atom is 0.164 e. The number of allylic oxidation sites excluding steroid dienone is 2. The molecular weight excluding hydrogens is 561 g/mol. The lowest BCUT2D eigenvalue weighted by atomic mass is 10.0. The fourth-order valence-corrected chi connectivity index (χ4v) is 6.15. The Morgan fingerprint density at radius 1 is 0.545 bits per heavy atom. The maximum absolute atomic E-state index is 12.3. The van der Waals surface area contributed by atoms with Crippen molar-refractivity contribution in [3.05, 3.63) is 12.2 Å². The molecule has 0 saturated heterocycles. The number of hydrogen-bond acceptors (Lipinski definition) is 3. The van der Waals surface area contributed by atoms with Gasteiger partial charge in [-0.25, -0.2) is 0 Å². The summed E-state index contributed by atoms with van der Waals surface area (Å²) in [4.78, 5) is 24.5. The van der Waals surface area contributed by atoms with E-state index in [1.165, 1.54) is 141 Å². The van der Waals surface area contributed by atoms with Crippen molar-refractivity contribution in [1.29, 1.82) is 0 Å². The van der Waals surface area contributed by atoms with E-state index in [4.69, 9.17) is 4.52 Å². The van der Waals surface area contributed by atoms with Crippen LogP contribution in [0.15, 0.2) is 12.2 Å². The van der Waals surface area contributed by atoms with Gasteiger partial charge in [0.1, 0.15) is 18.4 Å². The van der Waals surface area contributed by atoms with Gasteiger partial charge in [-0.2, -0.15) is 0 Å². The standard InChI is InChI=1S/C39H76NO3P/c1-5-6-7-8-9-10-11-15-18-21-24-27-30-33-37(41)34-31-28-25-22-19-16-13-12-14-17-20-23-26-29-32-35-38(42)39(43-44)36-40(2,3)4/h12,14,39,44H,5-11,13,15-36H2,1-4H3. The highest BCUT2D eigenvalue weighted by molar-refractivity contribution is 7.09. The van der Waals surface area contributed by atoms with E-state index < -0.39 is 0 Å². The zero-order chi connectivity index (χ0) is 32.6. The first kappa shape index (κ1) is 43.4. The summed E-state index contributed by atoms with van der Waals surface area (Å²) in [5, 5.41) is 0. The predicted molar refractivity (Wildman–Crippen MR) is 195 cm³/mol. The molecule has 0 aliphatic rings. The van der Waals surface area contributed by atoms with Crippen LogP contribution in [0.5, 0.6) is 0 Å². The molecule has 0 fully saturated rings. The van der Waals surface area contributed by atoms with E-state index in [-0.39, 0.29) is 11.9 Å². The second-order valence-corrected chi connectivity index (χ2v) is 14.8. The average molecular weight is 638 g/mol. The number of hydrogen-bond donors (Lipinski definition) is 0. The molecule has 0 aromatic carbocycles. The number of ketones is 2. The number of quaternary nitrogens is 1. The van der Waals surface area contributed by atoms with Crippen LogP contribution in [0.4, 0.5) is 0 Å². The highest BCUT2D eigenvalue weighted by atomic mass is 31.0. The van der Waals surface area contributed by atoms with Crippen LogP contribution in [0, 0.1) is 0 Å². The Kier molecular flexibility index (Phi) is 32.0. The molecule has 0 aliphatic heterocycles. The Balaban J connectivity index is 3.36. The molecule has 4 nitrogen and oxygen atoms in total. The van der Waals surface area contributed by atoms with Crippen LogP contribution in [-0.4, -0.2) is 49.8 Å². The topological polar surface area (TPSA) is 43.4 Å². The zero-order valence-electron chi connectivity index (χ0n) is 30.1. The van der Waals surface area contributed by atoms with Crippen LogP contribution < -0.4 is 0 Å². The van der Waals surface area contributed by atoms with Crippen molar-refractivity contribution >= 4 is 21.0 Å². The van der Waals surface area contributed by atoms with Gasteiger partial charge in [-0.05, 0) is 44.9 Å². The predicted octanol–water partition coefficient (Wildman–Crippen LogP) is 12.2. The van der Waals surface area contributed by atoms with Crippen molar-refractivity contribution < 1.29 is 18.6 Å². The van der Waals surface area contributed by atoms with Crippen molar-refractivity contribution in [3.8, 4) is 0 Å². The summed E-state index contributed by atoms with van der Waals surface area (Å²) >= 11 is 0. The summed E-state index contributed by atoms with van der Waals surface area (Å²) in [6, 6.07) is 0. The van der Waals surface area contributed by atoms with Gasteiger partial charge in [0.2, 0.25) is 0 Å². The molecule has 0 saturated carbocycles. The minimum absolute atomic E-state index is 0.210. The maximum atomic E-state index is 12.3. The minimum Gasteiger partial charge on any atom is -0.549 e. The number of unbranched alkanes of at least 4 members (excludes halogenated alkanes) is 23. The summed E-state index contributed by atoms with van der Waals surface area (Å²) in [7, 11) is 9.32. The van der Waals surface area contributed by atoms with E-state index in [1.807, 2.05) is 0 Å². The van der Waals surface area contributed by atoms with Crippen molar-refractivity contribution in [2.45, 2.75) is 199 Å². The highest BCUT2D eigenvalue weighted by Gasteiger charge is 2.21. The van der Waals surface area contributed by atoms with Gasteiger partial charge in [0.15, 0.2) is 5.78 Å². The first-order chi connectivity index (χ1) is 21.3. The highest BCUT2D eigenvalue weighted by Crippen LogP contribution is 2.15. The molecule has 0 heterocycles. The van der Waals surface area contributed by atoms with Gasteiger partial charge in [-0.15, -0.1) is 0 Å². The Morgan fingerprint density at radius 2 is 0.886 bits per heavy atom. The summed E-state index contributed by atoms with van der Waals surface area (Å²) in [6.07, 6.45) is 40.0. The molecule has 0 radical (unpaired) electrons. The molecule has 0 N–H and O–H groups in total. The Morgan fingerprint density at radius 3 is 1.25 bits per heavy atom. The molecule has 0 aliphatic carbocycles. The number of likely N-dealkylation sites (N-methyl/N-ethyl adjacent to an activating group) is 1. The van der Waals surface area contributed by atoms with Crippen molar-refractivity contribution in [2.24, 2.45) is 0 Å². The van der Waals surface area contributed by atoms with Crippen LogP contribution >= 0.6 is 9.47 Å². The largest absolute Gasteiger partial charge is 0.549 e. The molecule has 1 unspecified atom stereocenters. The SMILES string of the molecule is CCCCCCCCCCCCCCCC(=O)CCCCCCCCC=CCCCCCCCC(=O)C(C[N+](C)(C)C)O[PH-]. The van der Waals surface area contributed by atoms with Gasteiger partial charge in [-0.1, -0.05) is 141 Å². The van der Waals surface area contributed by atoms with E-state index in [0.29, 0.717) is 18.7 Å². The third kappa shape index (κ3) is 32.8. The van der Waals surface area contributed by atoms with Crippen LogP contribution in [0.25, 0.3) is 0 Å². The molecule has 5 heteroatoms. The summed E-state index contributed by atoms with van der Waals surface area (Å²) < 4.78 is 5.95. The summed E-state index contributed by atoms with van der Waals surface area (Å²) in [6.45, 7) is 2.97. The third-order valence-corrected chi connectivity index (χ3v) is 9.10. The number of rotatable bonds is 35. The first-order valence-electron chi connectivity index (χ1n) is 19.1. The van der Waals surface area contributed by atoms with E-state index in [2.05, 4.69) is 49.7 Å². The zero-order valence-corrected chi connectivity index (χ0v) is 31.1. The van der Waals surface area contributed by atoms with Crippen LogP contribution in [0.3, 0.4) is 0 Å². The Hall–Kier alpha value is -0.570. The van der Waals surface area contributed by atoms with E-state index in [1.54, 1.807) is 0 Å². The molecule has 0 amide bonds. The molecule has 0 aromatic heterocycles. The second-order valence-electron chi connectivity index (χ2n) is 14.5. The van der Waals surface area contributed by atoms with Crippen LogP contribution in [0.2, 0.25) is 0 Å². The quantitative estimate of drug-likeness (QED) is 0.0300. The van der Waals surface area contributed by atoms with Gasteiger partial charge in [0.05, 0.1) is 21.1 Å². The molecule has 260 valence electrons. The average Bonchev–Trinajstić information content (AvgIpc) is 2.99. The lowest BCUT2D eigenvalue weighted by molar-refractivity contribution is -0.872. The van der Waals surface area contributed by atoms with Gasteiger partial charge in [0.25, 0.3) is 0 Å². The van der Waals surface area contributed by atoms with E-state index >= 15 is 0 Å². The molecule has 0 spiro atoms. The van der Waals surface area contributed by atoms with Gasteiger partial charge >= 0.3 is 0 Å². The van der Waals surface area contributed by atoms with E-state index in [0.717, 1.165) is 43.0 Å². The lowest BCUT2D eigenvalue weighted by Gasteiger charge is -2.30. The molecule has 0 rings (SSSR count). The van der Waals surface area contributed by atoms with Gasteiger partial charge < -0.3 is 18.5 Å². The molecule has 1 atom stereocenters. The second kappa shape index (κ2) is 32.4. The van der Waals surface area contributed by atoms with Crippen molar-refractivity contribution in [2.75, 3.05) is 27.7 Å². The van der Waals surface area contributed by atoms with Gasteiger partial charge in [0, 0.05) is 19.3 Å². The number of nitrogens with zero attached hydrogens (tertiary/aromatic N) is 1. The number of carbonyl (C=O) groups excluding carboxylic acids is 2.